The van der Waals surface area contributed by atoms with Crippen LogP contribution in [0.4, 0.5) is 0 Å². The third-order valence-electron chi connectivity index (χ3n) is 3.87. The molecule has 4 nitrogen and oxygen atoms in total. The molecule has 1 aliphatic heterocycles. The van der Waals surface area contributed by atoms with Crippen LogP contribution in [-0.4, -0.2) is 48.1 Å². The molecule has 3 N–H and O–H groups in total. The van der Waals surface area contributed by atoms with E-state index >= 15 is 0 Å². The van der Waals surface area contributed by atoms with Gasteiger partial charge in [0.2, 0.25) is 5.91 Å². The number of nitrogens with zero attached hydrogens (tertiary/aromatic N) is 1. The molecule has 1 saturated heterocycles. The second kappa shape index (κ2) is 10.5. The zero-order chi connectivity index (χ0) is 16.3. The number of hydrogen-bond donors (Lipinski definition) is 2. The molecule has 0 unspecified atom stereocenters. The molecule has 1 aromatic rings. The van der Waals surface area contributed by atoms with Gasteiger partial charge in [0.1, 0.15) is 0 Å². The van der Waals surface area contributed by atoms with E-state index in [1.165, 1.54) is 5.56 Å². The van der Waals surface area contributed by atoms with Gasteiger partial charge in [-0.15, -0.1) is 11.8 Å². The zero-order valence-electron chi connectivity index (χ0n) is 13.6. The Kier molecular flexibility index (Phi) is 8.21. The van der Waals surface area contributed by atoms with Crippen LogP contribution in [0.15, 0.2) is 36.4 Å². The van der Waals surface area contributed by atoms with Gasteiger partial charge in [-0.3, -0.25) is 4.79 Å². The van der Waals surface area contributed by atoms with Crippen molar-refractivity contribution in [2.24, 2.45) is 5.73 Å². The van der Waals surface area contributed by atoms with Gasteiger partial charge in [-0.25, -0.2) is 0 Å². The fraction of sp³-hybridized carbons (Fsp3) is 0.500. The maximum absolute atomic E-state index is 12.0. The standard InChI is InChI=1S/C18H27N3OS/c19-17(18(22)21-13-14-23-15-21)10-4-5-11-20-12-6-9-16-7-2-1-3-8-16/h1-3,6-9,17,20H,4-5,10-15,19H2/t17-/m0/s1. The van der Waals surface area contributed by atoms with E-state index in [4.69, 9.17) is 5.73 Å². The Morgan fingerprint density at radius 3 is 2.91 bits per heavy atom. The summed E-state index contributed by atoms with van der Waals surface area (Å²) < 4.78 is 0. The van der Waals surface area contributed by atoms with Gasteiger partial charge in [-0.05, 0) is 24.9 Å². The SMILES string of the molecule is N[C@@H](CCCCNCC=Cc1ccccc1)C(=O)N1CCSC1. The molecule has 1 aromatic carbocycles. The van der Waals surface area contributed by atoms with Crippen molar-refractivity contribution in [1.29, 1.82) is 0 Å². The van der Waals surface area contributed by atoms with Crippen LogP contribution in [0.25, 0.3) is 6.08 Å². The molecule has 0 spiro atoms. The van der Waals surface area contributed by atoms with Crippen molar-refractivity contribution in [1.82, 2.24) is 10.2 Å². The molecule has 0 bridgehead atoms. The van der Waals surface area contributed by atoms with Crippen molar-refractivity contribution < 1.29 is 4.79 Å². The average Bonchev–Trinajstić information content (AvgIpc) is 3.11. The maximum Gasteiger partial charge on any atom is 0.240 e. The Morgan fingerprint density at radius 1 is 1.35 bits per heavy atom. The molecular formula is C18H27N3OS. The third-order valence-corrected chi connectivity index (χ3v) is 4.84. The van der Waals surface area contributed by atoms with E-state index in [1.54, 1.807) is 11.8 Å². The summed E-state index contributed by atoms with van der Waals surface area (Å²) >= 11 is 1.80. The van der Waals surface area contributed by atoms with Crippen molar-refractivity contribution in [2.75, 3.05) is 31.3 Å². The van der Waals surface area contributed by atoms with E-state index in [0.29, 0.717) is 0 Å². The summed E-state index contributed by atoms with van der Waals surface area (Å²) in [5.41, 5.74) is 7.21. The Morgan fingerprint density at radius 2 is 2.17 bits per heavy atom. The third kappa shape index (κ3) is 6.77. The highest BCUT2D eigenvalue weighted by Gasteiger charge is 2.23. The fourth-order valence-electron chi connectivity index (χ4n) is 2.50. The topological polar surface area (TPSA) is 58.4 Å². The van der Waals surface area contributed by atoms with E-state index < -0.39 is 0 Å². The van der Waals surface area contributed by atoms with E-state index in [2.05, 4.69) is 29.6 Å². The molecule has 23 heavy (non-hydrogen) atoms. The predicted octanol–water partition coefficient (Wildman–Crippen LogP) is 2.32. The molecule has 1 aliphatic rings. The van der Waals surface area contributed by atoms with Crippen molar-refractivity contribution in [2.45, 2.75) is 25.3 Å². The molecule has 0 radical (unpaired) electrons. The van der Waals surface area contributed by atoms with Crippen LogP contribution in [0, 0.1) is 0 Å². The summed E-state index contributed by atoms with van der Waals surface area (Å²) in [6.07, 6.45) is 7.07. The molecule has 0 saturated carbocycles. The molecule has 1 fully saturated rings. The summed E-state index contributed by atoms with van der Waals surface area (Å²) in [5, 5.41) is 3.39. The molecule has 1 amide bonds. The smallest absolute Gasteiger partial charge is 0.240 e. The van der Waals surface area contributed by atoms with Crippen molar-refractivity contribution in [3.05, 3.63) is 42.0 Å². The number of nitrogens with one attached hydrogen (secondary N) is 1. The first-order valence-electron chi connectivity index (χ1n) is 8.32. The molecule has 1 atom stereocenters. The first kappa shape index (κ1) is 18.0. The number of carbonyl (C=O) groups is 1. The highest BCUT2D eigenvalue weighted by Crippen LogP contribution is 2.15. The van der Waals surface area contributed by atoms with Crippen LogP contribution in [-0.2, 0) is 4.79 Å². The molecule has 0 aromatic heterocycles. The van der Waals surface area contributed by atoms with Gasteiger partial charge in [0, 0.05) is 18.8 Å². The maximum atomic E-state index is 12.0. The number of amides is 1. The second-order valence-corrected chi connectivity index (χ2v) is 6.83. The highest BCUT2D eigenvalue weighted by molar-refractivity contribution is 7.99. The Labute approximate surface area is 143 Å². The van der Waals surface area contributed by atoms with E-state index in [-0.39, 0.29) is 11.9 Å². The van der Waals surface area contributed by atoms with Crippen molar-refractivity contribution in [3.8, 4) is 0 Å². The lowest BCUT2D eigenvalue weighted by atomic mass is 10.1. The van der Waals surface area contributed by atoms with Crippen LogP contribution in [0.2, 0.25) is 0 Å². The minimum atomic E-state index is -0.327. The fourth-order valence-corrected chi connectivity index (χ4v) is 3.46. The Bertz CT molecular complexity index is 486. The number of nitrogens with two attached hydrogens (primary N) is 1. The minimum absolute atomic E-state index is 0.119. The largest absolute Gasteiger partial charge is 0.331 e. The van der Waals surface area contributed by atoms with E-state index in [0.717, 1.165) is 50.5 Å². The molecule has 1 heterocycles. The monoisotopic (exact) mass is 333 g/mol. The van der Waals surface area contributed by atoms with Gasteiger partial charge in [-0.2, -0.15) is 0 Å². The van der Waals surface area contributed by atoms with Crippen LogP contribution >= 0.6 is 11.8 Å². The van der Waals surface area contributed by atoms with E-state index in [1.807, 2.05) is 23.1 Å². The second-order valence-electron chi connectivity index (χ2n) is 5.76. The summed E-state index contributed by atoms with van der Waals surface area (Å²) in [6.45, 7) is 2.68. The summed E-state index contributed by atoms with van der Waals surface area (Å²) in [5.74, 6) is 1.97. The molecule has 5 heteroatoms. The lowest BCUT2D eigenvalue weighted by molar-refractivity contribution is -0.131. The number of thioether (sulfide) groups is 1. The van der Waals surface area contributed by atoms with E-state index in [9.17, 15) is 4.79 Å². The van der Waals surface area contributed by atoms with Gasteiger partial charge in [0.15, 0.2) is 0 Å². The quantitative estimate of drug-likeness (QED) is 0.681. The summed E-state index contributed by atoms with van der Waals surface area (Å²) in [7, 11) is 0. The van der Waals surface area contributed by atoms with Crippen LogP contribution in [0.1, 0.15) is 24.8 Å². The van der Waals surface area contributed by atoms with Crippen molar-refractivity contribution >= 4 is 23.7 Å². The van der Waals surface area contributed by atoms with Crippen LogP contribution in [0.5, 0.6) is 0 Å². The highest BCUT2D eigenvalue weighted by atomic mass is 32.2. The van der Waals surface area contributed by atoms with Gasteiger partial charge >= 0.3 is 0 Å². The van der Waals surface area contributed by atoms with Gasteiger partial charge in [0.05, 0.1) is 11.9 Å². The number of hydrogen-bond acceptors (Lipinski definition) is 4. The van der Waals surface area contributed by atoms with Gasteiger partial charge < -0.3 is 16.0 Å². The summed E-state index contributed by atoms with van der Waals surface area (Å²) in [6, 6.07) is 9.96. The lowest BCUT2D eigenvalue weighted by Crippen LogP contribution is -2.42. The van der Waals surface area contributed by atoms with Gasteiger partial charge in [0.25, 0.3) is 0 Å². The first-order chi connectivity index (χ1) is 11.3. The van der Waals surface area contributed by atoms with Gasteiger partial charge in [-0.1, -0.05) is 48.9 Å². The Hall–Kier alpha value is -1.30. The number of benzene rings is 1. The number of rotatable bonds is 9. The minimum Gasteiger partial charge on any atom is -0.331 e. The molecule has 126 valence electrons. The normalized spacial score (nSPS) is 16.1. The average molecular weight is 334 g/mol. The summed E-state index contributed by atoms with van der Waals surface area (Å²) in [4.78, 5) is 13.9. The number of carbonyl (C=O) groups excluding carboxylic acids is 1. The molecule has 0 aliphatic carbocycles. The Balaban J connectivity index is 1.49. The first-order valence-corrected chi connectivity index (χ1v) is 9.47. The molecule has 2 rings (SSSR count). The number of unbranched alkanes of at least 4 members (excludes halogenated alkanes) is 1. The van der Waals surface area contributed by atoms with Crippen molar-refractivity contribution in [3.63, 3.8) is 0 Å². The van der Waals surface area contributed by atoms with Crippen LogP contribution < -0.4 is 11.1 Å². The van der Waals surface area contributed by atoms with Crippen LogP contribution in [0.3, 0.4) is 0 Å². The zero-order valence-corrected chi connectivity index (χ0v) is 14.4. The predicted molar refractivity (Wildman–Crippen MR) is 99.2 cm³/mol. The lowest BCUT2D eigenvalue weighted by Gasteiger charge is -2.19. The molecular weight excluding hydrogens is 306 g/mol.